The van der Waals surface area contributed by atoms with Crippen LogP contribution in [0.15, 0.2) is 10.6 Å². The van der Waals surface area contributed by atoms with Gasteiger partial charge in [-0.1, -0.05) is 6.42 Å². The van der Waals surface area contributed by atoms with E-state index in [-0.39, 0.29) is 5.25 Å². The Morgan fingerprint density at radius 1 is 1.47 bits per heavy atom. The Morgan fingerprint density at radius 3 is 3.00 bits per heavy atom. The summed E-state index contributed by atoms with van der Waals surface area (Å²) in [7, 11) is -2.95. The Morgan fingerprint density at radius 2 is 2.29 bits per heavy atom. The molecule has 5 nitrogen and oxygen atoms in total. The Kier molecular flexibility index (Phi) is 3.83. The van der Waals surface area contributed by atoms with E-state index < -0.39 is 9.84 Å². The molecule has 6 heteroatoms. The molecule has 0 saturated carbocycles. The van der Waals surface area contributed by atoms with Gasteiger partial charge < -0.3 is 10.2 Å². The van der Waals surface area contributed by atoms with Crippen LogP contribution in [0.25, 0.3) is 0 Å². The van der Waals surface area contributed by atoms with Crippen LogP contribution in [0.1, 0.15) is 30.9 Å². The van der Waals surface area contributed by atoms with E-state index in [1.807, 2.05) is 0 Å². The Labute approximate surface area is 101 Å². The summed E-state index contributed by atoms with van der Waals surface area (Å²) in [6.45, 7) is 0.510. The van der Waals surface area contributed by atoms with Crippen LogP contribution >= 0.6 is 0 Å². The molecule has 2 N–H and O–H groups in total. The first-order valence-electron chi connectivity index (χ1n) is 5.97. The van der Waals surface area contributed by atoms with Crippen LogP contribution in [0.4, 0.5) is 0 Å². The van der Waals surface area contributed by atoms with Gasteiger partial charge in [-0.05, 0) is 19.4 Å². The lowest BCUT2D eigenvalue weighted by atomic mass is 10.1. The van der Waals surface area contributed by atoms with E-state index in [1.54, 1.807) is 6.20 Å². The van der Waals surface area contributed by atoms with Crippen LogP contribution in [-0.4, -0.2) is 30.9 Å². The van der Waals surface area contributed by atoms with E-state index in [0.717, 1.165) is 25.0 Å². The fraction of sp³-hybridized carbons (Fsp3) is 0.727. The van der Waals surface area contributed by atoms with Crippen molar-refractivity contribution in [2.24, 2.45) is 5.73 Å². The fourth-order valence-corrected chi connectivity index (χ4v) is 4.01. The maximum Gasteiger partial charge on any atom is 0.195 e. The highest BCUT2D eigenvalue weighted by atomic mass is 32.2. The van der Waals surface area contributed by atoms with Gasteiger partial charge in [0.2, 0.25) is 0 Å². The van der Waals surface area contributed by atoms with Gasteiger partial charge in [0.25, 0.3) is 0 Å². The number of hydrogen-bond acceptors (Lipinski definition) is 5. The molecular weight excluding hydrogens is 240 g/mol. The van der Waals surface area contributed by atoms with Gasteiger partial charge in [0.1, 0.15) is 5.76 Å². The predicted octanol–water partition coefficient (Wildman–Crippen LogP) is 0.686. The predicted molar refractivity (Wildman–Crippen MR) is 64.4 cm³/mol. The molecule has 1 aliphatic heterocycles. The molecule has 1 unspecified atom stereocenters. The van der Waals surface area contributed by atoms with E-state index >= 15 is 0 Å². The van der Waals surface area contributed by atoms with Crippen molar-refractivity contribution in [3.63, 3.8) is 0 Å². The lowest BCUT2D eigenvalue weighted by Crippen LogP contribution is -2.30. The summed E-state index contributed by atoms with van der Waals surface area (Å²) in [5.74, 6) is 1.55. The largest absolute Gasteiger partial charge is 0.446 e. The molecule has 0 amide bonds. The van der Waals surface area contributed by atoms with Crippen LogP contribution in [0.2, 0.25) is 0 Å². The first-order chi connectivity index (χ1) is 8.12. The van der Waals surface area contributed by atoms with Crippen molar-refractivity contribution in [1.29, 1.82) is 0 Å². The number of oxazole rings is 1. The number of nitrogens with zero attached hydrogens (tertiary/aromatic N) is 1. The summed E-state index contributed by atoms with van der Waals surface area (Å²) in [5, 5.41) is -0.319. The fourth-order valence-electron chi connectivity index (χ4n) is 2.15. The maximum atomic E-state index is 11.8. The third-order valence-corrected chi connectivity index (χ3v) is 5.38. The SMILES string of the molecule is NCCc1cnc(CC2CCCCS2(=O)=O)o1. The summed E-state index contributed by atoms with van der Waals surface area (Å²) in [4.78, 5) is 4.11. The molecule has 1 aromatic heterocycles. The van der Waals surface area contributed by atoms with E-state index in [1.165, 1.54) is 0 Å². The number of hydrogen-bond donors (Lipinski definition) is 1. The van der Waals surface area contributed by atoms with Crippen LogP contribution in [0.5, 0.6) is 0 Å². The minimum Gasteiger partial charge on any atom is -0.446 e. The molecule has 0 aromatic carbocycles. The third-order valence-electron chi connectivity index (χ3n) is 3.11. The van der Waals surface area contributed by atoms with Crippen molar-refractivity contribution in [2.75, 3.05) is 12.3 Å². The van der Waals surface area contributed by atoms with Gasteiger partial charge in [0.05, 0.1) is 17.2 Å². The van der Waals surface area contributed by atoms with Gasteiger partial charge in [-0.3, -0.25) is 0 Å². The molecule has 0 spiro atoms. The van der Waals surface area contributed by atoms with E-state index in [4.69, 9.17) is 10.2 Å². The van der Waals surface area contributed by atoms with Gasteiger partial charge in [0.15, 0.2) is 15.7 Å². The van der Waals surface area contributed by atoms with Gasteiger partial charge in [-0.15, -0.1) is 0 Å². The van der Waals surface area contributed by atoms with Crippen LogP contribution in [0, 0.1) is 0 Å². The topological polar surface area (TPSA) is 86.2 Å². The van der Waals surface area contributed by atoms with E-state index in [2.05, 4.69) is 4.98 Å². The monoisotopic (exact) mass is 258 g/mol. The number of nitrogens with two attached hydrogens (primary N) is 1. The molecule has 1 aliphatic rings. The minimum absolute atomic E-state index is 0.300. The van der Waals surface area contributed by atoms with Crippen molar-refractivity contribution >= 4 is 9.84 Å². The van der Waals surface area contributed by atoms with E-state index in [0.29, 0.717) is 31.0 Å². The molecule has 17 heavy (non-hydrogen) atoms. The first-order valence-corrected chi connectivity index (χ1v) is 7.68. The molecule has 1 fully saturated rings. The Bertz CT molecular complexity index is 467. The average molecular weight is 258 g/mol. The molecular formula is C11H18N2O3S. The molecule has 0 aliphatic carbocycles. The Hall–Kier alpha value is -0.880. The summed E-state index contributed by atoms with van der Waals surface area (Å²) in [6.07, 6.45) is 5.15. The van der Waals surface area contributed by atoms with E-state index in [9.17, 15) is 8.42 Å². The van der Waals surface area contributed by atoms with Crippen molar-refractivity contribution in [3.8, 4) is 0 Å². The van der Waals surface area contributed by atoms with Crippen molar-refractivity contribution in [3.05, 3.63) is 17.8 Å². The highest BCUT2D eigenvalue weighted by Crippen LogP contribution is 2.22. The second-order valence-corrected chi connectivity index (χ2v) is 6.85. The summed E-state index contributed by atoms with van der Waals surface area (Å²) in [6, 6.07) is 0. The summed E-state index contributed by atoms with van der Waals surface area (Å²) < 4.78 is 29.1. The Balaban J connectivity index is 2.04. The lowest BCUT2D eigenvalue weighted by molar-refractivity contribution is 0.439. The molecule has 2 heterocycles. The normalized spacial score (nSPS) is 23.7. The van der Waals surface area contributed by atoms with Gasteiger partial charge >= 0.3 is 0 Å². The number of aromatic nitrogens is 1. The zero-order valence-corrected chi connectivity index (χ0v) is 10.6. The van der Waals surface area contributed by atoms with Crippen LogP contribution in [-0.2, 0) is 22.7 Å². The molecule has 1 aromatic rings. The first kappa shape index (κ1) is 12.6. The molecule has 96 valence electrons. The summed E-state index contributed by atoms with van der Waals surface area (Å²) in [5.41, 5.74) is 5.41. The highest BCUT2D eigenvalue weighted by molar-refractivity contribution is 7.92. The van der Waals surface area contributed by atoms with Gasteiger partial charge in [-0.25, -0.2) is 13.4 Å². The lowest BCUT2D eigenvalue weighted by Gasteiger charge is -2.20. The molecule has 1 atom stereocenters. The van der Waals surface area contributed by atoms with Crippen LogP contribution in [0.3, 0.4) is 0 Å². The summed E-state index contributed by atoms with van der Waals surface area (Å²) >= 11 is 0. The minimum atomic E-state index is -2.95. The van der Waals surface area contributed by atoms with Crippen molar-refractivity contribution < 1.29 is 12.8 Å². The zero-order valence-electron chi connectivity index (χ0n) is 9.76. The second kappa shape index (κ2) is 5.18. The van der Waals surface area contributed by atoms with Crippen molar-refractivity contribution in [1.82, 2.24) is 4.98 Å². The third kappa shape index (κ3) is 3.07. The average Bonchev–Trinajstić information content (AvgIpc) is 2.70. The number of rotatable bonds is 4. The van der Waals surface area contributed by atoms with Crippen molar-refractivity contribution in [2.45, 2.75) is 37.4 Å². The molecule has 0 radical (unpaired) electrons. The van der Waals surface area contributed by atoms with Gasteiger partial charge in [0, 0.05) is 12.8 Å². The quantitative estimate of drug-likeness (QED) is 0.858. The zero-order chi connectivity index (χ0) is 12.3. The molecule has 2 rings (SSSR count). The molecule has 0 bridgehead atoms. The maximum absolute atomic E-state index is 11.8. The van der Waals surface area contributed by atoms with Crippen LogP contribution < -0.4 is 5.73 Å². The number of sulfone groups is 1. The van der Waals surface area contributed by atoms with Gasteiger partial charge in [-0.2, -0.15) is 0 Å². The molecule has 1 saturated heterocycles. The standard InChI is InChI=1S/C11H18N2O3S/c12-5-4-9-8-13-11(16-9)7-10-3-1-2-6-17(10,14)15/h8,10H,1-7,12H2. The smallest absolute Gasteiger partial charge is 0.195 e. The highest BCUT2D eigenvalue weighted by Gasteiger charge is 2.30. The second-order valence-electron chi connectivity index (χ2n) is 4.45.